The second-order valence-electron chi connectivity index (χ2n) is 9.28. The standard InChI is InChI=1S/C24H25FN4O6S/c25-16-5-8-18(9-6-16)36(34,35)27-13-11-26(12-14-27)21-10-7-17(15-22(21)29(32)33)28-23(30)19-3-1-2-4-20(19)24(28)31/h5-10,15,19-20H,1-4,11-14H2/t19-,20-/m1/s1. The molecule has 12 heteroatoms. The van der Waals surface area contributed by atoms with Gasteiger partial charge in [0, 0.05) is 32.2 Å². The zero-order valence-corrected chi connectivity index (χ0v) is 20.2. The SMILES string of the molecule is O=C1[C@@H]2CCCC[C@H]2C(=O)N1c1ccc(N2CCN(S(=O)(=O)c3ccc(F)cc3)CC2)c([N+](=O)[O-])c1. The summed E-state index contributed by atoms with van der Waals surface area (Å²) in [5.74, 6) is -1.86. The number of carbonyl (C=O) groups is 2. The molecule has 3 aliphatic rings. The van der Waals surface area contributed by atoms with Gasteiger partial charge in [-0.15, -0.1) is 0 Å². The Morgan fingerprint density at radius 3 is 2.03 bits per heavy atom. The largest absolute Gasteiger partial charge is 0.363 e. The van der Waals surface area contributed by atoms with E-state index in [9.17, 15) is 32.5 Å². The molecule has 2 amide bonds. The summed E-state index contributed by atoms with van der Waals surface area (Å²) in [7, 11) is -3.83. The van der Waals surface area contributed by atoms with Gasteiger partial charge in [-0.25, -0.2) is 17.7 Å². The lowest BCUT2D eigenvalue weighted by molar-refractivity contribution is -0.384. The molecule has 2 atom stereocenters. The van der Waals surface area contributed by atoms with Gasteiger partial charge >= 0.3 is 0 Å². The lowest BCUT2D eigenvalue weighted by Gasteiger charge is -2.35. The Morgan fingerprint density at radius 1 is 0.889 bits per heavy atom. The molecule has 2 saturated heterocycles. The molecule has 2 aliphatic heterocycles. The molecule has 10 nitrogen and oxygen atoms in total. The van der Waals surface area contributed by atoms with Crippen LogP contribution in [0.25, 0.3) is 0 Å². The molecule has 0 radical (unpaired) electrons. The number of benzene rings is 2. The Morgan fingerprint density at radius 2 is 1.47 bits per heavy atom. The summed E-state index contributed by atoms with van der Waals surface area (Å²) in [4.78, 5) is 40.0. The van der Waals surface area contributed by atoms with E-state index in [4.69, 9.17) is 0 Å². The van der Waals surface area contributed by atoms with Crippen LogP contribution in [0.3, 0.4) is 0 Å². The zero-order chi connectivity index (χ0) is 25.6. The Labute approximate surface area is 207 Å². The summed E-state index contributed by atoms with van der Waals surface area (Å²) < 4.78 is 40.2. The number of carbonyl (C=O) groups excluding carboxylic acids is 2. The van der Waals surface area contributed by atoms with Crippen LogP contribution < -0.4 is 9.80 Å². The minimum atomic E-state index is -3.83. The number of piperazine rings is 1. The number of hydrogen-bond donors (Lipinski definition) is 0. The highest BCUT2D eigenvalue weighted by atomic mass is 32.2. The number of rotatable bonds is 5. The van der Waals surface area contributed by atoms with Crippen molar-refractivity contribution in [2.75, 3.05) is 36.0 Å². The van der Waals surface area contributed by atoms with Crippen molar-refractivity contribution < 1.29 is 27.3 Å². The fourth-order valence-electron chi connectivity index (χ4n) is 5.41. The van der Waals surface area contributed by atoms with E-state index in [2.05, 4.69) is 0 Å². The summed E-state index contributed by atoms with van der Waals surface area (Å²) >= 11 is 0. The smallest absolute Gasteiger partial charge is 0.294 e. The van der Waals surface area contributed by atoms with Gasteiger partial charge in [-0.2, -0.15) is 4.31 Å². The minimum absolute atomic E-state index is 0.0202. The monoisotopic (exact) mass is 516 g/mol. The molecule has 3 fully saturated rings. The van der Waals surface area contributed by atoms with Crippen LogP contribution in [0.1, 0.15) is 25.7 Å². The van der Waals surface area contributed by atoms with E-state index in [0.29, 0.717) is 18.5 Å². The van der Waals surface area contributed by atoms with E-state index >= 15 is 0 Å². The van der Waals surface area contributed by atoms with Crippen LogP contribution in [0.2, 0.25) is 0 Å². The van der Waals surface area contributed by atoms with Gasteiger partial charge < -0.3 is 4.90 Å². The van der Waals surface area contributed by atoms with Crippen molar-refractivity contribution in [1.82, 2.24) is 4.31 Å². The summed E-state index contributed by atoms with van der Waals surface area (Å²) in [6, 6.07) is 8.88. The number of anilines is 2. The average Bonchev–Trinajstić information content (AvgIpc) is 3.14. The maximum absolute atomic E-state index is 13.2. The maximum atomic E-state index is 13.2. The molecular formula is C24H25FN4O6S. The van der Waals surface area contributed by atoms with Crippen LogP contribution in [0.15, 0.2) is 47.4 Å². The van der Waals surface area contributed by atoms with Gasteiger partial charge in [-0.1, -0.05) is 12.8 Å². The third-order valence-corrected chi connectivity index (χ3v) is 9.20. The number of fused-ring (bicyclic) bond motifs is 1. The van der Waals surface area contributed by atoms with E-state index in [1.165, 1.54) is 34.6 Å². The van der Waals surface area contributed by atoms with E-state index in [0.717, 1.165) is 29.9 Å². The van der Waals surface area contributed by atoms with Crippen LogP contribution in [0.5, 0.6) is 0 Å². The Balaban J connectivity index is 1.36. The number of halogens is 1. The molecule has 0 unspecified atom stereocenters. The Bertz CT molecular complexity index is 1300. The lowest BCUT2D eigenvalue weighted by atomic mass is 9.81. The highest BCUT2D eigenvalue weighted by Crippen LogP contribution is 2.42. The van der Waals surface area contributed by atoms with Crippen molar-refractivity contribution in [2.45, 2.75) is 30.6 Å². The first kappa shape index (κ1) is 24.3. The number of nitro groups is 1. The Hall–Kier alpha value is -3.38. The maximum Gasteiger partial charge on any atom is 0.294 e. The first-order valence-electron chi connectivity index (χ1n) is 11.9. The average molecular weight is 517 g/mol. The third-order valence-electron chi connectivity index (χ3n) is 7.29. The molecule has 0 N–H and O–H groups in total. The van der Waals surface area contributed by atoms with E-state index in [1.807, 2.05) is 0 Å². The number of sulfonamides is 1. The molecule has 0 bridgehead atoms. The van der Waals surface area contributed by atoms with Crippen molar-refractivity contribution in [1.29, 1.82) is 0 Å². The molecule has 5 rings (SSSR count). The van der Waals surface area contributed by atoms with Crippen molar-refractivity contribution in [3.63, 3.8) is 0 Å². The van der Waals surface area contributed by atoms with Crippen molar-refractivity contribution in [3.8, 4) is 0 Å². The fourth-order valence-corrected chi connectivity index (χ4v) is 6.83. The minimum Gasteiger partial charge on any atom is -0.363 e. The number of amides is 2. The fraction of sp³-hybridized carbons (Fsp3) is 0.417. The summed E-state index contributed by atoms with van der Waals surface area (Å²) in [6.45, 7) is 0.578. The van der Waals surface area contributed by atoms with E-state index in [1.54, 1.807) is 4.90 Å². The lowest BCUT2D eigenvalue weighted by Crippen LogP contribution is -2.48. The van der Waals surface area contributed by atoms with Gasteiger partial charge in [0.2, 0.25) is 21.8 Å². The number of hydrogen-bond acceptors (Lipinski definition) is 7. The topological polar surface area (TPSA) is 121 Å². The quantitative estimate of drug-likeness (QED) is 0.340. The first-order chi connectivity index (χ1) is 17.2. The molecule has 2 heterocycles. The second-order valence-corrected chi connectivity index (χ2v) is 11.2. The molecule has 0 aromatic heterocycles. The normalized spacial score (nSPS) is 23.1. The summed E-state index contributed by atoms with van der Waals surface area (Å²) in [5.41, 5.74) is 0.226. The van der Waals surface area contributed by atoms with Crippen molar-refractivity contribution in [2.24, 2.45) is 11.8 Å². The van der Waals surface area contributed by atoms with Crippen LogP contribution in [0.4, 0.5) is 21.5 Å². The van der Waals surface area contributed by atoms with Crippen LogP contribution >= 0.6 is 0 Å². The zero-order valence-electron chi connectivity index (χ0n) is 19.4. The number of nitro benzene ring substituents is 1. The van der Waals surface area contributed by atoms with Crippen molar-refractivity contribution >= 4 is 38.9 Å². The van der Waals surface area contributed by atoms with Gasteiger partial charge in [0.25, 0.3) is 5.69 Å². The third kappa shape index (κ3) is 4.13. The highest BCUT2D eigenvalue weighted by Gasteiger charge is 2.49. The number of nitrogens with zero attached hydrogens (tertiary/aromatic N) is 4. The molecule has 2 aromatic carbocycles. The van der Waals surface area contributed by atoms with Gasteiger partial charge in [0.15, 0.2) is 0 Å². The van der Waals surface area contributed by atoms with Gasteiger partial charge in [-0.3, -0.25) is 19.7 Å². The molecule has 1 aliphatic carbocycles. The van der Waals surface area contributed by atoms with Crippen LogP contribution in [0, 0.1) is 27.8 Å². The van der Waals surface area contributed by atoms with Gasteiger partial charge in [0.1, 0.15) is 11.5 Å². The highest BCUT2D eigenvalue weighted by molar-refractivity contribution is 7.89. The first-order valence-corrected chi connectivity index (χ1v) is 13.3. The molecule has 1 saturated carbocycles. The predicted octanol–water partition coefficient (Wildman–Crippen LogP) is 2.92. The van der Waals surface area contributed by atoms with E-state index in [-0.39, 0.29) is 66.1 Å². The van der Waals surface area contributed by atoms with E-state index < -0.39 is 20.8 Å². The number of imide groups is 1. The molecule has 2 aromatic rings. The van der Waals surface area contributed by atoms with Crippen LogP contribution in [-0.2, 0) is 19.6 Å². The van der Waals surface area contributed by atoms with Crippen molar-refractivity contribution in [3.05, 3.63) is 58.4 Å². The molecule has 0 spiro atoms. The summed E-state index contributed by atoms with van der Waals surface area (Å²) in [5, 5.41) is 11.9. The predicted molar refractivity (Wildman–Crippen MR) is 128 cm³/mol. The summed E-state index contributed by atoms with van der Waals surface area (Å²) in [6.07, 6.45) is 3.07. The molecule has 36 heavy (non-hydrogen) atoms. The second kappa shape index (κ2) is 9.25. The van der Waals surface area contributed by atoms with Crippen LogP contribution in [-0.4, -0.2) is 55.6 Å². The molecule has 190 valence electrons. The van der Waals surface area contributed by atoms with Gasteiger partial charge in [0.05, 0.1) is 27.3 Å². The van der Waals surface area contributed by atoms with Gasteiger partial charge in [-0.05, 0) is 49.2 Å². The Kier molecular flexibility index (Phi) is 6.25. The molecular weight excluding hydrogens is 491 g/mol.